The Hall–Kier alpha value is -3.81. The van der Waals surface area contributed by atoms with Crippen LogP contribution in [0.15, 0.2) is 60.8 Å². The van der Waals surface area contributed by atoms with E-state index in [-0.39, 0.29) is 12.2 Å². The summed E-state index contributed by atoms with van der Waals surface area (Å²) >= 11 is 0. The number of nitrogens with zero attached hydrogens (tertiary/aromatic N) is 3. The predicted molar refractivity (Wildman–Crippen MR) is 101 cm³/mol. The minimum atomic E-state index is -1.29. The second kappa shape index (κ2) is 6.41. The second-order valence-electron chi connectivity index (χ2n) is 6.74. The zero-order valence-electron chi connectivity index (χ0n) is 15.0. The first-order valence-corrected chi connectivity index (χ1v) is 8.62. The normalized spacial score (nSPS) is 19.1. The van der Waals surface area contributed by atoms with Gasteiger partial charge in [-0.2, -0.15) is 0 Å². The van der Waals surface area contributed by atoms with Gasteiger partial charge in [0.25, 0.3) is 11.6 Å². The number of nitro benzene ring substituents is 1. The zero-order chi connectivity index (χ0) is 19.9. The standard InChI is InChI=1S/C20H16N4O4/c1-20(15-7-9-16(10-8-15)24(27)28)18(25)23(19(26)22-20)12-14-5-2-4-13-6-3-11-21-17(13)14/h2-11H,12H2,1H3,(H,22,26). The SMILES string of the molecule is CC1(c2ccc([N+](=O)[O-])cc2)NC(=O)N(Cc2cccc3cccnc23)C1=O. The largest absolute Gasteiger partial charge is 0.325 e. The second-order valence-corrected chi connectivity index (χ2v) is 6.74. The number of urea groups is 1. The van der Waals surface area contributed by atoms with Gasteiger partial charge in [0.2, 0.25) is 0 Å². The van der Waals surface area contributed by atoms with Gasteiger partial charge < -0.3 is 5.32 Å². The highest BCUT2D eigenvalue weighted by Crippen LogP contribution is 2.31. The number of hydrogen-bond acceptors (Lipinski definition) is 5. The van der Waals surface area contributed by atoms with E-state index >= 15 is 0 Å². The van der Waals surface area contributed by atoms with Gasteiger partial charge in [0.05, 0.1) is 17.0 Å². The van der Waals surface area contributed by atoms with Crippen molar-refractivity contribution >= 4 is 28.5 Å². The van der Waals surface area contributed by atoms with Crippen LogP contribution < -0.4 is 5.32 Å². The highest BCUT2D eigenvalue weighted by atomic mass is 16.6. The molecule has 28 heavy (non-hydrogen) atoms. The van der Waals surface area contributed by atoms with Crippen molar-refractivity contribution < 1.29 is 14.5 Å². The first kappa shape index (κ1) is 17.6. The smallest absolute Gasteiger partial charge is 0.319 e. The number of rotatable bonds is 4. The highest BCUT2D eigenvalue weighted by molar-refractivity contribution is 6.07. The van der Waals surface area contributed by atoms with Crippen LogP contribution in [-0.4, -0.2) is 26.7 Å². The topological polar surface area (TPSA) is 105 Å². The molecule has 8 nitrogen and oxygen atoms in total. The third-order valence-corrected chi connectivity index (χ3v) is 4.98. The Morgan fingerprint density at radius 2 is 1.82 bits per heavy atom. The Bertz CT molecular complexity index is 1110. The van der Waals surface area contributed by atoms with Crippen molar-refractivity contribution in [1.29, 1.82) is 0 Å². The Morgan fingerprint density at radius 3 is 2.54 bits per heavy atom. The van der Waals surface area contributed by atoms with Crippen molar-refractivity contribution in [3.05, 3.63) is 82.0 Å². The summed E-state index contributed by atoms with van der Waals surface area (Å²) in [5.41, 5.74) is 0.603. The van der Waals surface area contributed by atoms with Crippen molar-refractivity contribution in [2.24, 2.45) is 0 Å². The fraction of sp³-hybridized carbons (Fsp3) is 0.150. The van der Waals surface area contributed by atoms with Crippen LogP contribution in [0.2, 0.25) is 0 Å². The molecule has 140 valence electrons. The van der Waals surface area contributed by atoms with Gasteiger partial charge in [-0.05, 0) is 36.2 Å². The number of nitro groups is 1. The van der Waals surface area contributed by atoms with Crippen LogP contribution >= 0.6 is 0 Å². The van der Waals surface area contributed by atoms with E-state index < -0.39 is 22.4 Å². The maximum atomic E-state index is 13.1. The number of aromatic nitrogens is 1. The fourth-order valence-electron chi connectivity index (χ4n) is 3.42. The molecule has 1 fully saturated rings. The molecule has 3 amide bonds. The van der Waals surface area contributed by atoms with Crippen LogP contribution in [0.5, 0.6) is 0 Å². The zero-order valence-corrected chi connectivity index (χ0v) is 15.0. The minimum absolute atomic E-state index is 0.0807. The molecule has 0 bridgehead atoms. The Labute approximate surface area is 159 Å². The third kappa shape index (κ3) is 2.75. The average molecular weight is 376 g/mol. The van der Waals surface area contributed by atoms with E-state index in [2.05, 4.69) is 10.3 Å². The molecule has 0 spiro atoms. The summed E-state index contributed by atoms with van der Waals surface area (Å²) in [4.78, 5) is 41.5. The van der Waals surface area contributed by atoms with Crippen molar-refractivity contribution in [3.63, 3.8) is 0 Å². The van der Waals surface area contributed by atoms with E-state index in [1.807, 2.05) is 30.3 Å². The quantitative estimate of drug-likeness (QED) is 0.428. The molecular formula is C20H16N4O4. The number of amides is 3. The molecule has 1 aromatic heterocycles. The maximum absolute atomic E-state index is 13.1. The molecule has 1 aliphatic rings. The highest BCUT2D eigenvalue weighted by Gasteiger charge is 2.49. The number of imide groups is 1. The molecule has 0 radical (unpaired) electrons. The number of carbonyl (C=O) groups excluding carboxylic acids is 2. The summed E-state index contributed by atoms with van der Waals surface area (Å²) in [6.07, 6.45) is 1.67. The fourth-order valence-corrected chi connectivity index (χ4v) is 3.42. The van der Waals surface area contributed by atoms with Gasteiger partial charge in [-0.3, -0.25) is 24.8 Å². The lowest BCUT2D eigenvalue weighted by Gasteiger charge is -2.22. The van der Waals surface area contributed by atoms with E-state index in [4.69, 9.17) is 0 Å². The molecule has 3 aromatic rings. The number of pyridine rings is 1. The van der Waals surface area contributed by atoms with Crippen LogP contribution in [0.3, 0.4) is 0 Å². The number of nitrogens with one attached hydrogen (secondary N) is 1. The Balaban J connectivity index is 1.66. The van der Waals surface area contributed by atoms with Crippen molar-refractivity contribution in [2.75, 3.05) is 0 Å². The van der Waals surface area contributed by atoms with Crippen LogP contribution in [0.25, 0.3) is 10.9 Å². The molecule has 1 saturated heterocycles. The van der Waals surface area contributed by atoms with Crippen molar-refractivity contribution in [3.8, 4) is 0 Å². The molecule has 2 heterocycles. The molecule has 1 atom stereocenters. The van der Waals surface area contributed by atoms with E-state index in [1.165, 1.54) is 24.3 Å². The third-order valence-electron chi connectivity index (χ3n) is 4.98. The lowest BCUT2D eigenvalue weighted by molar-refractivity contribution is -0.384. The summed E-state index contributed by atoms with van der Waals surface area (Å²) in [6, 6.07) is 14.4. The summed E-state index contributed by atoms with van der Waals surface area (Å²) in [5, 5.41) is 14.5. The summed E-state index contributed by atoms with van der Waals surface area (Å²) < 4.78 is 0. The molecule has 1 N–H and O–H groups in total. The number of non-ortho nitro benzene ring substituents is 1. The lowest BCUT2D eigenvalue weighted by atomic mass is 9.92. The summed E-state index contributed by atoms with van der Waals surface area (Å²) in [6.45, 7) is 1.68. The summed E-state index contributed by atoms with van der Waals surface area (Å²) in [7, 11) is 0. The molecule has 1 aliphatic heterocycles. The minimum Gasteiger partial charge on any atom is -0.319 e. The van der Waals surface area contributed by atoms with Crippen LogP contribution in [0, 0.1) is 10.1 Å². The number of benzene rings is 2. The van der Waals surface area contributed by atoms with Crippen molar-refractivity contribution in [2.45, 2.75) is 19.0 Å². The molecule has 4 rings (SSSR count). The molecular weight excluding hydrogens is 360 g/mol. The van der Waals surface area contributed by atoms with Crippen molar-refractivity contribution in [1.82, 2.24) is 15.2 Å². The number of para-hydroxylation sites is 1. The first-order chi connectivity index (χ1) is 13.4. The Morgan fingerprint density at radius 1 is 1.11 bits per heavy atom. The average Bonchev–Trinajstić information content (AvgIpc) is 2.92. The lowest BCUT2D eigenvalue weighted by Crippen LogP contribution is -2.40. The van der Waals surface area contributed by atoms with E-state index in [1.54, 1.807) is 13.1 Å². The molecule has 1 unspecified atom stereocenters. The molecule has 0 aliphatic carbocycles. The number of carbonyl (C=O) groups is 2. The van der Waals surface area contributed by atoms with E-state index in [0.717, 1.165) is 21.4 Å². The predicted octanol–water partition coefficient (Wildman–Crippen LogP) is 3.11. The molecule has 2 aromatic carbocycles. The van der Waals surface area contributed by atoms with E-state index in [9.17, 15) is 19.7 Å². The van der Waals surface area contributed by atoms with Gasteiger partial charge in [-0.1, -0.05) is 24.3 Å². The van der Waals surface area contributed by atoms with Crippen LogP contribution in [-0.2, 0) is 16.9 Å². The number of fused-ring (bicyclic) bond motifs is 1. The van der Waals surface area contributed by atoms with Gasteiger partial charge in [-0.25, -0.2) is 4.79 Å². The van der Waals surface area contributed by atoms with Gasteiger partial charge in [0.1, 0.15) is 5.54 Å². The molecule has 0 saturated carbocycles. The maximum Gasteiger partial charge on any atom is 0.325 e. The van der Waals surface area contributed by atoms with Gasteiger partial charge in [0.15, 0.2) is 0 Å². The summed E-state index contributed by atoms with van der Waals surface area (Å²) in [5.74, 6) is -0.417. The number of hydrogen-bond donors (Lipinski definition) is 1. The van der Waals surface area contributed by atoms with Crippen LogP contribution in [0.4, 0.5) is 10.5 Å². The van der Waals surface area contributed by atoms with Gasteiger partial charge in [-0.15, -0.1) is 0 Å². The van der Waals surface area contributed by atoms with Gasteiger partial charge >= 0.3 is 6.03 Å². The van der Waals surface area contributed by atoms with Gasteiger partial charge in [0, 0.05) is 23.7 Å². The first-order valence-electron chi connectivity index (χ1n) is 8.62. The van der Waals surface area contributed by atoms with E-state index in [0.29, 0.717) is 5.56 Å². The monoisotopic (exact) mass is 376 g/mol. The Kier molecular flexibility index (Phi) is 4.03. The molecule has 8 heteroatoms. The van der Waals surface area contributed by atoms with Crippen LogP contribution in [0.1, 0.15) is 18.1 Å².